The van der Waals surface area contributed by atoms with E-state index in [1.165, 1.54) is 35.3 Å². The lowest BCUT2D eigenvalue weighted by atomic mass is 10.1. The largest absolute Gasteiger partial charge is 0.478 e. The summed E-state index contributed by atoms with van der Waals surface area (Å²) in [6.45, 7) is 0.815. The van der Waals surface area contributed by atoms with E-state index in [1.807, 2.05) is 0 Å². The minimum atomic E-state index is -1.08. The molecule has 2 rings (SSSR count). The molecule has 0 aliphatic carbocycles. The fraction of sp³-hybridized carbons (Fsp3) is 0.294. The van der Waals surface area contributed by atoms with Gasteiger partial charge in [0.15, 0.2) is 0 Å². The van der Waals surface area contributed by atoms with Gasteiger partial charge in [0.2, 0.25) is 0 Å². The molecule has 2 N–H and O–H groups in total. The summed E-state index contributed by atoms with van der Waals surface area (Å²) in [5.41, 5.74) is 0.366. The van der Waals surface area contributed by atoms with Gasteiger partial charge in [0, 0.05) is 30.8 Å². The molecule has 1 heterocycles. The summed E-state index contributed by atoms with van der Waals surface area (Å²) in [6.07, 6.45) is 4.64. The van der Waals surface area contributed by atoms with E-state index in [0.717, 1.165) is 6.42 Å². The van der Waals surface area contributed by atoms with Crippen LogP contribution in [0.2, 0.25) is 0 Å². The number of hydrogen-bond donors (Lipinski definition) is 2. The molecule has 0 spiro atoms. The van der Waals surface area contributed by atoms with Gasteiger partial charge in [0.05, 0.1) is 5.56 Å². The number of unbranched alkanes of at least 4 members (excludes halogenated alkanes) is 2. The Hall–Kier alpha value is -2.96. The first-order valence-corrected chi connectivity index (χ1v) is 7.64. The predicted octanol–water partition coefficient (Wildman–Crippen LogP) is 1.21. The molecular formula is C17H18N2O5. The zero-order chi connectivity index (χ0) is 17.5. The summed E-state index contributed by atoms with van der Waals surface area (Å²) in [6, 6.07) is 5.83. The van der Waals surface area contributed by atoms with Crippen LogP contribution in [0.5, 0.6) is 0 Å². The van der Waals surface area contributed by atoms with Crippen LogP contribution >= 0.6 is 0 Å². The van der Waals surface area contributed by atoms with Gasteiger partial charge in [0.1, 0.15) is 0 Å². The Morgan fingerprint density at radius 2 is 1.67 bits per heavy atom. The van der Waals surface area contributed by atoms with E-state index in [9.17, 15) is 19.2 Å². The number of carboxylic acid groups (broad SMARTS) is 1. The van der Waals surface area contributed by atoms with E-state index in [1.54, 1.807) is 6.07 Å². The molecule has 0 aromatic heterocycles. The molecule has 1 aliphatic rings. The number of amides is 3. The van der Waals surface area contributed by atoms with Gasteiger partial charge in [-0.25, -0.2) is 4.79 Å². The Kier molecular flexibility index (Phi) is 5.83. The number of nitrogens with zero attached hydrogens (tertiary/aromatic N) is 1. The third-order valence-corrected chi connectivity index (χ3v) is 3.62. The van der Waals surface area contributed by atoms with Crippen molar-refractivity contribution < 1.29 is 24.3 Å². The summed E-state index contributed by atoms with van der Waals surface area (Å²) in [4.78, 5) is 46.7. The predicted molar refractivity (Wildman–Crippen MR) is 85.4 cm³/mol. The Labute approximate surface area is 139 Å². The van der Waals surface area contributed by atoms with E-state index in [2.05, 4.69) is 5.32 Å². The van der Waals surface area contributed by atoms with Gasteiger partial charge >= 0.3 is 5.97 Å². The molecule has 0 radical (unpaired) electrons. The normalized spacial score (nSPS) is 13.4. The molecule has 0 saturated carbocycles. The molecule has 0 saturated heterocycles. The third kappa shape index (κ3) is 4.52. The standard InChI is InChI=1S/C17H18N2O5/c20-14-7-8-15(21)19(14)10-3-1-2-9-18-16(22)12-5-4-6-13(11-12)17(23)24/h4-8,11H,1-3,9-10H2,(H,18,22)(H,23,24). The maximum absolute atomic E-state index is 11.9. The highest BCUT2D eigenvalue weighted by atomic mass is 16.4. The van der Waals surface area contributed by atoms with Crippen molar-refractivity contribution in [1.29, 1.82) is 0 Å². The van der Waals surface area contributed by atoms with Crippen molar-refractivity contribution in [3.8, 4) is 0 Å². The maximum Gasteiger partial charge on any atom is 0.335 e. The number of nitrogens with one attached hydrogen (secondary N) is 1. The molecule has 0 unspecified atom stereocenters. The first-order valence-electron chi connectivity index (χ1n) is 7.64. The number of benzene rings is 1. The number of hydrogen-bond acceptors (Lipinski definition) is 4. The van der Waals surface area contributed by atoms with E-state index in [0.29, 0.717) is 31.5 Å². The van der Waals surface area contributed by atoms with Crippen molar-refractivity contribution in [1.82, 2.24) is 10.2 Å². The Bertz CT molecular complexity index is 678. The quantitative estimate of drug-likeness (QED) is 0.551. The highest BCUT2D eigenvalue weighted by Gasteiger charge is 2.22. The van der Waals surface area contributed by atoms with E-state index in [4.69, 9.17) is 5.11 Å². The molecule has 126 valence electrons. The van der Waals surface area contributed by atoms with Crippen LogP contribution < -0.4 is 5.32 Å². The molecule has 0 atom stereocenters. The number of rotatable bonds is 8. The Morgan fingerprint density at radius 1 is 1.00 bits per heavy atom. The van der Waals surface area contributed by atoms with E-state index < -0.39 is 5.97 Å². The second kappa shape index (κ2) is 8.05. The lowest BCUT2D eigenvalue weighted by Crippen LogP contribution is -2.31. The van der Waals surface area contributed by atoms with Crippen molar-refractivity contribution in [2.75, 3.05) is 13.1 Å². The van der Waals surface area contributed by atoms with Gasteiger partial charge in [0.25, 0.3) is 17.7 Å². The Morgan fingerprint density at radius 3 is 2.33 bits per heavy atom. The Balaban J connectivity index is 1.66. The van der Waals surface area contributed by atoms with Gasteiger partial charge in [-0.3, -0.25) is 19.3 Å². The zero-order valence-corrected chi connectivity index (χ0v) is 13.0. The first kappa shape index (κ1) is 17.4. The van der Waals surface area contributed by atoms with E-state index in [-0.39, 0.29) is 23.3 Å². The second-order valence-corrected chi connectivity index (χ2v) is 5.36. The van der Waals surface area contributed by atoms with Crippen LogP contribution in [0, 0.1) is 0 Å². The lowest BCUT2D eigenvalue weighted by molar-refractivity contribution is -0.136. The number of carbonyl (C=O) groups is 4. The summed E-state index contributed by atoms with van der Waals surface area (Å²) in [7, 11) is 0. The molecule has 1 aromatic rings. The van der Waals surface area contributed by atoms with Crippen molar-refractivity contribution >= 4 is 23.7 Å². The average Bonchev–Trinajstić information content (AvgIpc) is 2.89. The minimum Gasteiger partial charge on any atom is -0.478 e. The van der Waals surface area contributed by atoms with E-state index >= 15 is 0 Å². The van der Waals surface area contributed by atoms with Crippen LogP contribution in [0.3, 0.4) is 0 Å². The molecule has 7 heteroatoms. The van der Waals surface area contributed by atoms with Gasteiger partial charge in [-0.05, 0) is 37.5 Å². The average molecular weight is 330 g/mol. The van der Waals surface area contributed by atoms with Crippen molar-refractivity contribution in [2.24, 2.45) is 0 Å². The third-order valence-electron chi connectivity index (χ3n) is 3.62. The molecule has 24 heavy (non-hydrogen) atoms. The fourth-order valence-electron chi connectivity index (χ4n) is 2.32. The van der Waals surface area contributed by atoms with Crippen LogP contribution in [0.1, 0.15) is 40.0 Å². The van der Waals surface area contributed by atoms with Crippen molar-refractivity contribution in [3.05, 3.63) is 47.5 Å². The lowest BCUT2D eigenvalue weighted by Gasteiger charge is -2.13. The molecular weight excluding hydrogens is 312 g/mol. The second-order valence-electron chi connectivity index (χ2n) is 5.36. The zero-order valence-electron chi connectivity index (χ0n) is 13.0. The minimum absolute atomic E-state index is 0.0659. The molecule has 0 bridgehead atoms. The van der Waals surface area contributed by atoms with Crippen LogP contribution in [-0.2, 0) is 9.59 Å². The van der Waals surface area contributed by atoms with Crippen LogP contribution in [0.15, 0.2) is 36.4 Å². The number of imide groups is 1. The van der Waals surface area contributed by atoms with Crippen molar-refractivity contribution in [2.45, 2.75) is 19.3 Å². The summed E-state index contributed by atoms with van der Waals surface area (Å²) < 4.78 is 0. The molecule has 1 aliphatic heterocycles. The first-order chi connectivity index (χ1) is 11.5. The van der Waals surface area contributed by atoms with Crippen LogP contribution in [0.4, 0.5) is 0 Å². The topological polar surface area (TPSA) is 104 Å². The molecule has 7 nitrogen and oxygen atoms in total. The number of carboxylic acids is 1. The maximum atomic E-state index is 11.9. The van der Waals surface area contributed by atoms with Gasteiger partial charge in [-0.2, -0.15) is 0 Å². The monoisotopic (exact) mass is 330 g/mol. The van der Waals surface area contributed by atoms with Crippen molar-refractivity contribution in [3.63, 3.8) is 0 Å². The van der Waals surface area contributed by atoms with Gasteiger partial charge < -0.3 is 10.4 Å². The van der Waals surface area contributed by atoms with Crippen LogP contribution in [-0.4, -0.2) is 46.8 Å². The summed E-state index contributed by atoms with van der Waals surface area (Å²) in [5, 5.41) is 11.6. The molecule has 3 amide bonds. The highest BCUT2D eigenvalue weighted by Crippen LogP contribution is 2.07. The van der Waals surface area contributed by atoms with Gasteiger partial charge in [-0.1, -0.05) is 6.07 Å². The molecule has 1 aromatic carbocycles. The fourth-order valence-corrected chi connectivity index (χ4v) is 2.32. The highest BCUT2D eigenvalue weighted by molar-refractivity contribution is 6.12. The summed E-state index contributed by atoms with van der Waals surface area (Å²) >= 11 is 0. The summed E-state index contributed by atoms with van der Waals surface area (Å²) in [5.74, 6) is -1.98. The SMILES string of the molecule is O=C(O)c1cccc(C(=O)NCCCCCN2C(=O)C=CC2=O)c1. The number of carbonyl (C=O) groups excluding carboxylic acids is 3. The van der Waals surface area contributed by atoms with Crippen LogP contribution in [0.25, 0.3) is 0 Å². The number of aromatic carboxylic acids is 1. The smallest absolute Gasteiger partial charge is 0.335 e. The molecule has 0 fully saturated rings. The van der Waals surface area contributed by atoms with Gasteiger partial charge in [-0.15, -0.1) is 0 Å².